The molecule has 1 saturated heterocycles. The Morgan fingerprint density at radius 1 is 1.50 bits per heavy atom. The Kier molecular flexibility index (Phi) is 4.95. The molecule has 0 unspecified atom stereocenters. The number of anilines is 1. The van der Waals surface area contributed by atoms with Gasteiger partial charge in [0.05, 0.1) is 17.6 Å². The van der Waals surface area contributed by atoms with Gasteiger partial charge >= 0.3 is 0 Å². The average molecular weight is 269 g/mol. The van der Waals surface area contributed by atoms with Crippen molar-refractivity contribution in [1.82, 2.24) is 10.3 Å². The lowest BCUT2D eigenvalue weighted by atomic mass is 10.2. The predicted molar refractivity (Wildman–Crippen MR) is 71.2 cm³/mol. The molecule has 1 aromatic rings. The fourth-order valence-electron chi connectivity index (χ4n) is 1.80. The number of thioether (sulfide) groups is 1. The number of rotatable bonds is 4. The number of aromatic nitrogens is 1. The molecule has 0 spiro atoms. The van der Waals surface area contributed by atoms with E-state index in [1.54, 1.807) is 11.8 Å². The van der Waals surface area contributed by atoms with Gasteiger partial charge in [-0.25, -0.2) is 4.98 Å². The number of piperidine rings is 1. The maximum atomic E-state index is 12.6. The molecule has 98 valence electrons. The summed E-state index contributed by atoms with van der Waals surface area (Å²) in [6.45, 7) is 2.06. The standard InChI is InChI=1S/C12H16FN3OS/c13-11-2-1-9(7-15-11)16-12(17)8-18-10-3-5-14-6-4-10/h1-2,7,10,14H,3-6,8H2,(H,16,17). The number of halogens is 1. The average Bonchev–Trinajstić information content (AvgIpc) is 2.40. The van der Waals surface area contributed by atoms with Crippen molar-refractivity contribution in [3.05, 3.63) is 24.3 Å². The van der Waals surface area contributed by atoms with Crippen LogP contribution in [0.3, 0.4) is 0 Å². The van der Waals surface area contributed by atoms with E-state index in [1.165, 1.54) is 18.3 Å². The van der Waals surface area contributed by atoms with Crippen molar-refractivity contribution >= 4 is 23.4 Å². The first-order valence-electron chi connectivity index (χ1n) is 5.98. The highest BCUT2D eigenvalue weighted by molar-refractivity contribution is 8.00. The van der Waals surface area contributed by atoms with Gasteiger partial charge in [-0.3, -0.25) is 4.79 Å². The molecule has 1 aliphatic rings. The highest BCUT2D eigenvalue weighted by atomic mass is 32.2. The van der Waals surface area contributed by atoms with Gasteiger partial charge in [0.1, 0.15) is 0 Å². The predicted octanol–water partition coefficient (Wildman–Crippen LogP) is 1.64. The zero-order valence-corrected chi connectivity index (χ0v) is 10.8. The molecule has 4 nitrogen and oxygen atoms in total. The van der Waals surface area contributed by atoms with Crippen LogP contribution >= 0.6 is 11.8 Å². The fourth-order valence-corrected chi connectivity index (χ4v) is 2.83. The van der Waals surface area contributed by atoms with E-state index in [2.05, 4.69) is 15.6 Å². The van der Waals surface area contributed by atoms with Crippen LogP contribution in [0.1, 0.15) is 12.8 Å². The topological polar surface area (TPSA) is 54.0 Å². The smallest absolute Gasteiger partial charge is 0.234 e. The Labute approximate surface area is 110 Å². The first-order valence-corrected chi connectivity index (χ1v) is 7.02. The van der Waals surface area contributed by atoms with Crippen molar-refractivity contribution in [2.45, 2.75) is 18.1 Å². The maximum absolute atomic E-state index is 12.6. The van der Waals surface area contributed by atoms with Crippen LogP contribution < -0.4 is 10.6 Å². The van der Waals surface area contributed by atoms with Crippen molar-refractivity contribution in [2.75, 3.05) is 24.2 Å². The normalized spacial score (nSPS) is 16.5. The van der Waals surface area contributed by atoms with Crippen molar-refractivity contribution in [1.29, 1.82) is 0 Å². The van der Waals surface area contributed by atoms with E-state index >= 15 is 0 Å². The number of pyridine rings is 1. The van der Waals surface area contributed by atoms with Gasteiger partial charge in [0.2, 0.25) is 11.9 Å². The lowest BCUT2D eigenvalue weighted by molar-refractivity contribution is -0.113. The van der Waals surface area contributed by atoms with E-state index in [9.17, 15) is 9.18 Å². The van der Waals surface area contributed by atoms with E-state index in [0.717, 1.165) is 25.9 Å². The van der Waals surface area contributed by atoms with E-state index < -0.39 is 5.95 Å². The van der Waals surface area contributed by atoms with Crippen molar-refractivity contribution in [3.8, 4) is 0 Å². The van der Waals surface area contributed by atoms with E-state index in [0.29, 0.717) is 16.7 Å². The maximum Gasteiger partial charge on any atom is 0.234 e. The molecule has 1 aromatic heterocycles. The largest absolute Gasteiger partial charge is 0.324 e. The molecule has 0 atom stereocenters. The quantitative estimate of drug-likeness (QED) is 0.816. The summed E-state index contributed by atoms with van der Waals surface area (Å²) in [5.41, 5.74) is 0.535. The summed E-state index contributed by atoms with van der Waals surface area (Å²) in [6, 6.07) is 2.74. The van der Waals surface area contributed by atoms with E-state index in [4.69, 9.17) is 0 Å². The molecule has 2 heterocycles. The molecular formula is C12H16FN3OS. The van der Waals surface area contributed by atoms with Crippen LogP contribution in [0, 0.1) is 5.95 Å². The highest BCUT2D eigenvalue weighted by Crippen LogP contribution is 2.20. The Morgan fingerprint density at radius 2 is 2.28 bits per heavy atom. The Balaban J connectivity index is 1.73. The number of carbonyl (C=O) groups is 1. The molecule has 2 N–H and O–H groups in total. The summed E-state index contributed by atoms with van der Waals surface area (Å²) in [6.07, 6.45) is 3.54. The van der Waals surface area contributed by atoms with Gasteiger partial charge in [0.15, 0.2) is 0 Å². The molecule has 1 amide bonds. The minimum atomic E-state index is -0.544. The SMILES string of the molecule is O=C(CSC1CCNCC1)Nc1ccc(F)nc1. The lowest BCUT2D eigenvalue weighted by Gasteiger charge is -2.21. The molecular weight excluding hydrogens is 253 g/mol. The Hall–Kier alpha value is -1.14. The number of nitrogens with zero attached hydrogens (tertiary/aromatic N) is 1. The summed E-state index contributed by atoms with van der Waals surface area (Å²) in [7, 11) is 0. The van der Waals surface area contributed by atoms with E-state index in [1.807, 2.05) is 0 Å². The van der Waals surface area contributed by atoms with Crippen molar-refractivity contribution in [3.63, 3.8) is 0 Å². The fraction of sp³-hybridized carbons (Fsp3) is 0.500. The lowest BCUT2D eigenvalue weighted by Crippen LogP contribution is -2.30. The second-order valence-corrected chi connectivity index (χ2v) is 5.47. The summed E-state index contributed by atoms with van der Waals surface area (Å²) < 4.78 is 12.6. The number of nitrogens with one attached hydrogen (secondary N) is 2. The van der Waals surface area contributed by atoms with Gasteiger partial charge in [0.25, 0.3) is 0 Å². The molecule has 18 heavy (non-hydrogen) atoms. The Morgan fingerprint density at radius 3 is 2.94 bits per heavy atom. The molecule has 6 heteroatoms. The van der Waals surface area contributed by atoms with Crippen LogP contribution in [0.25, 0.3) is 0 Å². The molecule has 0 aliphatic carbocycles. The number of carbonyl (C=O) groups excluding carboxylic acids is 1. The Bertz CT molecular complexity index is 393. The van der Waals surface area contributed by atoms with Crippen molar-refractivity contribution < 1.29 is 9.18 Å². The van der Waals surface area contributed by atoms with Crippen LogP contribution in [0.4, 0.5) is 10.1 Å². The zero-order chi connectivity index (χ0) is 12.8. The van der Waals surface area contributed by atoms with Crippen LogP contribution in [0.2, 0.25) is 0 Å². The minimum Gasteiger partial charge on any atom is -0.324 e. The molecule has 2 rings (SSSR count). The van der Waals surface area contributed by atoms with Gasteiger partial charge < -0.3 is 10.6 Å². The second kappa shape index (κ2) is 6.70. The second-order valence-electron chi connectivity index (χ2n) is 4.18. The molecule has 1 aliphatic heterocycles. The number of amides is 1. The number of hydrogen-bond acceptors (Lipinski definition) is 4. The van der Waals surface area contributed by atoms with Crippen LogP contribution in [0.5, 0.6) is 0 Å². The molecule has 0 bridgehead atoms. The zero-order valence-electron chi connectivity index (χ0n) is 9.99. The monoisotopic (exact) mass is 269 g/mol. The van der Waals surface area contributed by atoms with E-state index in [-0.39, 0.29) is 5.91 Å². The third-order valence-electron chi connectivity index (χ3n) is 2.75. The number of hydrogen-bond donors (Lipinski definition) is 2. The van der Waals surface area contributed by atoms with Gasteiger partial charge in [-0.15, -0.1) is 11.8 Å². The van der Waals surface area contributed by atoms with Gasteiger partial charge in [-0.2, -0.15) is 4.39 Å². The summed E-state index contributed by atoms with van der Waals surface area (Å²) >= 11 is 1.68. The highest BCUT2D eigenvalue weighted by Gasteiger charge is 2.14. The van der Waals surface area contributed by atoms with Gasteiger partial charge in [-0.05, 0) is 38.1 Å². The van der Waals surface area contributed by atoms with Crippen LogP contribution in [0.15, 0.2) is 18.3 Å². The first-order chi connectivity index (χ1) is 8.74. The van der Waals surface area contributed by atoms with Crippen LogP contribution in [-0.4, -0.2) is 35.0 Å². The molecule has 1 fully saturated rings. The molecule has 0 aromatic carbocycles. The minimum absolute atomic E-state index is 0.0630. The van der Waals surface area contributed by atoms with Crippen LogP contribution in [-0.2, 0) is 4.79 Å². The summed E-state index contributed by atoms with van der Waals surface area (Å²) in [5.74, 6) is -0.175. The molecule has 0 radical (unpaired) electrons. The first kappa shape index (κ1) is 13.3. The third kappa shape index (κ3) is 4.27. The summed E-state index contributed by atoms with van der Waals surface area (Å²) in [5, 5.41) is 6.55. The van der Waals surface area contributed by atoms with Gasteiger partial charge in [-0.1, -0.05) is 0 Å². The van der Waals surface area contributed by atoms with Crippen molar-refractivity contribution in [2.24, 2.45) is 0 Å². The molecule has 0 saturated carbocycles. The third-order valence-corrected chi connectivity index (χ3v) is 4.12. The summed E-state index contributed by atoms with van der Waals surface area (Å²) in [4.78, 5) is 15.2. The van der Waals surface area contributed by atoms with Gasteiger partial charge in [0, 0.05) is 5.25 Å².